The van der Waals surface area contributed by atoms with E-state index < -0.39 is 43.2 Å². The number of alkyl halides is 3. The lowest BCUT2D eigenvalue weighted by Crippen LogP contribution is -2.44. The number of fused-ring (bicyclic) bond motifs is 1. The van der Waals surface area contributed by atoms with Crippen LogP contribution in [0, 0.1) is 0 Å². The maximum Gasteiger partial charge on any atom is 0.405 e. The first-order valence-corrected chi connectivity index (χ1v) is 10.0. The number of benzene rings is 1. The molecule has 0 saturated heterocycles. The molecule has 1 aromatic carbocycles. The zero-order valence-corrected chi connectivity index (χ0v) is 16.8. The largest absolute Gasteiger partial charge is 0.454 e. The third-order valence-electron chi connectivity index (χ3n) is 4.27. The molecule has 3 N–H and O–H groups in total. The molecule has 2 heterocycles. The minimum absolute atomic E-state index is 0.0597. The monoisotopic (exact) mass is 453 g/mol. The van der Waals surface area contributed by atoms with Crippen LogP contribution in [-0.4, -0.2) is 48.1 Å². The summed E-state index contributed by atoms with van der Waals surface area (Å²) in [7, 11) is 0. The van der Waals surface area contributed by atoms with Gasteiger partial charge in [-0.3, -0.25) is 9.59 Å². The number of hydrogen-bond acceptors (Lipinski definition) is 5. The van der Waals surface area contributed by atoms with Gasteiger partial charge in [-0.15, -0.1) is 11.3 Å². The third kappa shape index (κ3) is 6.32. The van der Waals surface area contributed by atoms with E-state index in [2.05, 4.69) is 10.3 Å². The average Bonchev–Trinajstić information content (AvgIpc) is 3.40. The van der Waals surface area contributed by atoms with E-state index in [9.17, 15) is 27.6 Å². The third-order valence-corrected chi connectivity index (χ3v) is 5.13. The van der Waals surface area contributed by atoms with Crippen molar-refractivity contribution >= 4 is 40.0 Å². The maximum absolute atomic E-state index is 12.6. The van der Waals surface area contributed by atoms with Crippen LogP contribution in [0.2, 0.25) is 0 Å². The highest BCUT2D eigenvalue weighted by Gasteiger charge is 2.29. The molecule has 0 aliphatic rings. The summed E-state index contributed by atoms with van der Waals surface area (Å²) in [5, 5.41) is 6.73. The van der Waals surface area contributed by atoms with E-state index in [1.807, 2.05) is 24.3 Å². The Hall–Kier alpha value is -3.34. The lowest BCUT2D eigenvalue weighted by Gasteiger charge is -2.17. The normalized spacial score (nSPS) is 12.4. The van der Waals surface area contributed by atoms with Gasteiger partial charge in [0.25, 0.3) is 11.8 Å². The van der Waals surface area contributed by atoms with Crippen molar-refractivity contribution in [1.29, 1.82) is 0 Å². The molecule has 2 aromatic heterocycles. The molecular weight excluding hydrogens is 435 g/mol. The van der Waals surface area contributed by atoms with Gasteiger partial charge in [-0.25, -0.2) is 4.79 Å². The number of carbonyl (C=O) groups is 3. The Morgan fingerprint density at radius 3 is 2.61 bits per heavy atom. The van der Waals surface area contributed by atoms with E-state index in [-0.39, 0.29) is 6.42 Å². The van der Waals surface area contributed by atoms with Crippen molar-refractivity contribution in [1.82, 2.24) is 15.6 Å². The Labute approximate surface area is 178 Å². The van der Waals surface area contributed by atoms with Crippen molar-refractivity contribution in [3.8, 4) is 0 Å². The van der Waals surface area contributed by atoms with Gasteiger partial charge in [-0.2, -0.15) is 13.2 Å². The Kier molecular flexibility index (Phi) is 6.95. The summed E-state index contributed by atoms with van der Waals surface area (Å²) in [6.45, 7) is -2.43. The fraction of sp³-hybridized carbons (Fsp3) is 0.250. The van der Waals surface area contributed by atoms with Crippen molar-refractivity contribution in [3.05, 3.63) is 58.4 Å². The van der Waals surface area contributed by atoms with Gasteiger partial charge in [0.15, 0.2) is 6.61 Å². The molecule has 0 fully saturated rings. The molecule has 1 atom stereocenters. The summed E-state index contributed by atoms with van der Waals surface area (Å²) < 4.78 is 41.4. The predicted octanol–water partition coefficient (Wildman–Crippen LogP) is 2.79. The van der Waals surface area contributed by atoms with Gasteiger partial charge in [0.05, 0.1) is 4.88 Å². The summed E-state index contributed by atoms with van der Waals surface area (Å²) in [5.74, 6) is -2.53. The molecule has 164 valence electrons. The number of esters is 1. The zero-order valence-electron chi connectivity index (χ0n) is 16.0. The summed E-state index contributed by atoms with van der Waals surface area (Å²) in [5.41, 5.74) is 1.56. The average molecular weight is 453 g/mol. The number of ether oxygens (including phenoxy) is 1. The molecular formula is C20H18F3N3O4S. The molecule has 0 aliphatic heterocycles. The van der Waals surface area contributed by atoms with Crippen molar-refractivity contribution < 1.29 is 32.3 Å². The molecule has 0 aliphatic carbocycles. The number of aromatic nitrogens is 1. The van der Waals surface area contributed by atoms with Crippen LogP contribution >= 0.6 is 11.3 Å². The first-order valence-electron chi connectivity index (χ1n) is 9.12. The fourth-order valence-electron chi connectivity index (χ4n) is 2.84. The number of halogens is 3. The van der Waals surface area contributed by atoms with Crippen molar-refractivity contribution in [2.75, 3.05) is 13.2 Å². The minimum Gasteiger partial charge on any atom is -0.454 e. The highest BCUT2D eigenvalue weighted by atomic mass is 32.1. The lowest BCUT2D eigenvalue weighted by atomic mass is 10.0. The zero-order chi connectivity index (χ0) is 22.4. The molecule has 0 saturated carbocycles. The van der Waals surface area contributed by atoms with Gasteiger partial charge in [0.2, 0.25) is 0 Å². The number of thiophene rings is 1. The molecule has 11 heteroatoms. The topological polar surface area (TPSA) is 100 Å². The molecule has 7 nitrogen and oxygen atoms in total. The number of hydrogen-bond donors (Lipinski definition) is 3. The highest BCUT2D eigenvalue weighted by molar-refractivity contribution is 7.12. The SMILES string of the molecule is O=C(COC(=O)C(Cc1c[nH]c2ccccc12)NC(=O)c1cccs1)NCC(F)(F)F. The van der Waals surface area contributed by atoms with Crippen LogP contribution in [0.1, 0.15) is 15.2 Å². The molecule has 1 unspecified atom stereocenters. The van der Waals surface area contributed by atoms with Gasteiger partial charge in [-0.1, -0.05) is 24.3 Å². The number of nitrogens with one attached hydrogen (secondary N) is 3. The fourth-order valence-corrected chi connectivity index (χ4v) is 3.46. The van der Waals surface area contributed by atoms with Crippen LogP contribution in [-0.2, 0) is 20.7 Å². The second-order valence-corrected chi connectivity index (χ2v) is 7.51. The first kappa shape index (κ1) is 22.3. The van der Waals surface area contributed by atoms with Gasteiger partial charge < -0.3 is 20.4 Å². The molecule has 0 radical (unpaired) electrons. The van der Waals surface area contributed by atoms with E-state index >= 15 is 0 Å². The summed E-state index contributed by atoms with van der Waals surface area (Å²) >= 11 is 1.18. The Morgan fingerprint density at radius 1 is 1.13 bits per heavy atom. The number of H-pyrrole nitrogens is 1. The number of carbonyl (C=O) groups excluding carboxylic acids is 3. The van der Waals surface area contributed by atoms with Gasteiger partial charge in [0.1, 0.15) is 12.6 Å². The predicted molar refractivity (Wildman–Crippen MR) is 108 cm³/mol. The van der Waals surface area contributed by atoms with Gasteiger partial charge in [-0.05, 0) is 23.1 Å². The standard InChI is InChI=1S/C20H18F3N3O4S/c21-20(22,23)11-25-17(27)10-30-19(29)15(26-18(28)16-6-3-7-31-16)8-12-9-24-14-5-2-1-4-13(12)14/h1-7,9,15,24H,8,10-11H2,(H,25,27)(H,26,28). The number of rotatable bonds is 8. The van der Waals surface area contributed by atoms with Crippen LogP contribution < -0.4 is 10.6 Å². The minimum atomic E-state index is -4.58. The molecule has 31 heavy (non-hydrogen) atoms. The second-order valence-electron chi connectivity index (χ2n) is 6.57. The summed E-state index contributed by atoms with van der Waals surface area (Å²) in [6, 6.07) is 9.46. The van der Waals surface area contributed by atoms with Crippen LogP contribution in [0.25, 0.3) is 10.9 Å². The van der Waals surface area contributed by atoms with Crippen LogP contribution in [0.4, 0.5) is 13.2 Å². The van der Waals surface area contributed by atoms with Crippen molar-refractivity contribution in [2.24, 2.45) is 0 Å². The Balaban J connectivity index is 1.69. The van der Waals surface area contributed by atoms with E-state index in [1.165, 1.54) is 11.3 Å². The van der Waals surface area contributed by atoms with Crippen molar-refractivity contribution in [2.45, 2.75) is 18.6 Å². The van der Waals surface area contributed by atoms with E-state index in [0.717, 1.165) is 16.5 Å². The molecule has 2 amide bonds. The number of para-hydroxylation sites is 1. The Bertz CT molecular complexity index is 1060. The van der Waals surface area contributed by atoms with Crippen LogP contribution in [0.5, 0.6) is 0 Å². The molecule has 0 spiro atoms. The van der Waals surface area contributed by atoms with Gasteiger partial charge >= 0.3 is 12.1 Å². The van der Waals surface area contributed by atoms with E-state index in [4.69, 9.17) is 4.74 Å². The number of amides is 2. The number of aromatic amines is 1. The van der Waals surface area contributed by atoms with Crippen LogP contribution in [0.15, 0.2) is 48.0 Å². The van der Waals surface area contributed by atoms with E-state index in [1.54, 1.807) is 29.0 Å². The smallest absolute Gasteiger partial charge is 0.405 e. The summed E-state index contributed by atoms with van der Waals surface area (Å²) in [6.07, 6.45) is -2.82. The molecule has 3 aromatic rings. The van der Waals surface area contributed by atoms with Crippen molar-refractivity contribution in [3.63, 3.8) is 0 Å². The molecule has 0 bridgehead atoms. The first-order chi connectivity index (χ1) is 14.7. The maximum atomic E-state index is 12.6. The second kappa shape index (κ2) is 9.65. The highest BCUT2D eigenvalue weighted by Crippen LogP contribution is 2.20. The van der Waals surface area contributed by atoms with Gasteiger partial charge in [0, 0.05) is 23.5 Å². The van der Waals surface area contributed by atoms with Crippen LogP contribution in [0.3, 0.4) is 0 Å². The lowest BCUT2D eigenvalue weighted by molar-refractivity contribution is -0.152. The summed E-state index contributed by atoms with van der Waals surface area (Å²) in [4.78, 5) is 40.0. The van der Waals surface area contributed by atoms with E-state index in [0.29, 0.717) is 4.88 Å². The Morgan fingerprint density at radius 2 is 1.90 bits per heavy atom. The molecule has 3 rings (SSSR count). The quantitative estimate of drug-likeness (QED) is 0.457.